The molecule has 0 aromatic heterocycles. The lowest BCUT2D eigenvalue weighted by Gasteiger charge is -2.11. The molecule has 4 heteroatoms. The molecule has 1 aliphatic rings. The maximum Gasteiger partial charge on any atom is 0.270 e. The van der Waals surface area contributed by atoms with Crippen molar-refractivity contribution in [1.82, 2.24) is 4.90 Å². The van der Waals surface area contributed by atoms with Crippen LogP contribution in [0.3, 0.4) is 0 Å². The van der Waals surface area contributed by atoms with Crippen molar-refractivity contribution in [2.75, 3.05) is 6.54 Å². The molecule has 4 nitrogen and oxygen atoms in total. The Morgan fingerprint density at radius 1 is 1.10 bits per heavy atom. The molecule has 0 radical (unpaired) electrons. The summed E-state index contributed by atoms with van der Waals surface area (Å²) >= 11 is 0. The van der Waals surface area contributed by atoms with Crippen molar-refractivity contribution < 1.29 is 4.92 Å². The fourth-order valence-corrected chi connectivity index (χ4v) is 2.61. The third kappa shape index (κ3) is 3.17. The number of non-ortho nitro benzene ring substituents is 1. The molecule has 0 spiro atoms. The molecule has 2 aromatic rings. The van der Waals surface area contributed by atoms with E-state index in [1.807, 2.05) is 12.1 Å². The Morgan fingerprint density at radius 2 is 1.81 bits per heavy atom. The third-order valence-corrected chi connectivity index (χ3v) is 3.66. The molecule has 3 rings (SSSR count). The largest absolute Gasteiger partial charge is 0.291 e. The topological polar surface area (TPSA) is 46.4 Å². The van der Waals surface area contributed by atoms with Crippen LogP contribution in [0, 0.1) is 10.1 Å². The Balaban J connectivity index is 1.61. The average Bonchev–Trinajstić information content (AvgIpc) is 2.90. The van der Waals surface area contributed by atoms with Gasteiger partial charge in [-0.25, -0.2) is 0 Å². The Kier molecular flexibility index (Phi) is 3.79. The SMILES string of the molecule is O=[N+]([O-])c1cccc(C=CCN2Cc3ccccc3C2)c1. The quantitative estimate of drug-likeness (QED) is 0.634. The minimum Gasteiger partial charge on any atom is -0.291 e. The van der Waals surface area contributed by atoms with E-state index in [1.54, 1.807) is 12.1 Å². The first-order valence-corrected chi connectivity index (χ1v) is 6.92. The van der Waals surface area contributed by atoms with Crippen molar-refractivity contribution >= 4 is 11.8 Å². The lowest BCUT2D eigenvalue weighted by atomic mass is 10.1. The second-order valence-corrected chi connectivity index (χ2v) is 5.19. The van der Waals surface area contributed by atoms with Crippen molar-refractivity contribution in [3.05, 3.63) is 81.4 Å². The monoisotopic (exact) mass is 280 g/mol. The van der Waals surface area contributed by atoms with Gasteiger partial charge in [-0.1, -0.05) is 48.6 Å². The van der Waals surface area contributed by atoms with E-state index >= 15 is 0 Å². The summed E-state index contributed by atoms with van der Waals surface area (Å²) < 4.78 is 0. The van der Waals surface area contributed by atoms with E-state index in [1.165, 1.54) is 17.2 Å². The van der Waals surface area contributed by atoms with Gasteiger partial charge in [-0.15, -0.1) is 0 Å². The zero-order chi connectivity index (χ0) is 14.7. The predicted molar refractivity (Wildman–Crippen MR) is 82.7 cm³/mol. The van der Waals surface area contributed by atoms with Gasteiger partial charge in [0, 0.05) is 31.8 Å². The molecular weight excluding hydrogens is 264 g/mol. The lowest BCUT2D eigenvalue weighted by molar-refractivity contribution is -0.384. The maximum absolute atomic E-state index is 10.7. The van der Waals surface area contributed by atoms with Gasteiger partial charge < -0.3 is 0 Å². The molecule has 0 aliphatic carbocycles. The highest BCUT2D eigenvalue weighted by Gasteiger charge is 2.16. The average molecular weight is 280 g/mol. The molecule has 0 N–H and O–H groups in total. The van der Waals surface area contributed by atoms with Crippen molar-refractivity contribution in [2.24, 2.45) is 0 Å². The maximum atomic E-state index is 10.7. The Bertz CT molecular complexity index is 670. The number of hydrogen-bond acceptors (Lipinski definition) is 3. The summed E-state index contributed by atoms with van der Waals surface area (Å²) in [5.74, 6) is 0. The number of nitrogens with zero attached hydrogens (tertiary/aromatic N) is 2. The van der Waals surface area contributed by atoms with E-state index in [0.29, 0.717) is 0 Å². The van der Waals surface area contributed by atoms with Crippen LogP contribution in [0.15, 0.2) is 54.6 Å². The number of rotatable bonds is 4. The van der Waals surface area contributed by atoms with Gasteiger partial charge in [0.15, 0.2) is 0 Å². The van der Waals surface area contributed by atoms with E-state index in [9.17, 15) is 10.1 Å². The van der Waals surface area contributed by atoms with Crippen molar-refractivity contribution in [3.63, 3.8) is 0 Å². The van der Waals surface area contributed by atoms with Crippen molar-refractivity contribution in [1.29, 1.82) is 0 Å². The van der Waals surface area contributed by atoms with Crippen LogP contribution >= 0.6 is 0 Å². The number of hydrogen-bond donors (Lipinski definition) is 0. The molecule has 0 atom stereocenters. The second-order valence-electron chi connectivity index (χ2n) is 5.19. The molecule has 2 aromatic carbocycles. The van der Waals surface area contributed by atoms with E-state index in [2.05, 4.69) is 35.2 Å². The Labute approximate surface area is 123 Å². The summed E-state index contributed by atoms with van der Waals surface area (Å²) in [4.78, 5) is 12.7. The van der Waals surface area contributed by atoms with E-state index < -0.39 is 0 Å². The fourth-order valence-electron chi connectivity index (χ4n) is 2.61. The first-order chi connectivity index (χ1) is 10.2. The highest BCUT2D eigenvalue weighted by Crippen LogP contribution is 2.22. The number of benzene rings is 2. The van der Waals surface area contributed by atoms with Crippen LogP contribution in [-0.4, -0.2) is 16.4 Å². The molecule has 0 bridgehead atoms. The van der Waals surface area contributed by atoms with Crippen LogP contribution in [-0.2, 0) is 13.1 Å². The summed E-state index contributed by atoms with van der Waals surface area (Å²) in [6.45, 7) is 2.78. The molecule has 21 heavy (non-hydrogen) atoms. The highest BCUT2D eigenvalue weighted by atomic mass is 16.6. The second kappa shape index (κ2) is 5.89. The van der Waals surface area contributed by atoms with Crippen LogP contribution in [0.5, 0.6) is 0 Å². The van der Waals surface area contributed by atoms with Gasteiger partial charge in [0.05, 0.1) is 4.92 Å². The minimum absolute atomic E-state index is 0.130. The molecule has 0 unspecified atom stereocenters. The fraction of sp³-hybridized carbons (Fsp3) is 0.176. The Morgan fingerprint density at radius 3 is 2.48 bits per heavy atom. The first kappa shape index (κ1) is 13.5. The van der Waals surface area contributed by atoms with E-state index in [-0.39, 0.29) is 10.6 Å². The van der Waals surface area contributed by atoms with Gasteiger partial charge in [-0.3, -0.25) is 15.0 Å². The van der Waals surface area contributed by atoms with Gasteiger partial charge in [0.2, 0.25) is 0 Å². The lowest BCUT2D eigenvalue weighted by Crippen LogP contribution is -2.15. The summed E-state index contributed by atoms with van der Waals surface area (Å²) in [6, 6.07) is 15.2. The first-order valence-electron chi connectivity index (χ1n) is 6.92. The smallest absolute Gasteiger partial charge is 0.270 e. The number of nitro groups is 1. The van der Waals surface area contributed by atoms with Crippen molar-refractivity contribution in [2.45, 2.75) is 13.1 Å². The van der Waals surface area contributed by atoms with Crippen molar-refractivity contribution in [3.8, 4) is 0 Å². The van der Waals surface area contributed by atoms with Crippen LogP contribution in [0.1, 0.15) is 16.7 Å². The number of fused-ring (bicyclic) bond motifs is 1. The van der Waals surface area contributed by atoms with Gasteiger partial charge in [-0.05, 0) is 16.7 Å². The van der Waals surface area contributed by atoms with Crippen LogP contribution < -0.4 is 0 Å². The summed E-state index contributed by atoms with van der Waals surface area (Å²) in [5.41, 5.74) is 3.77. The molecule has 1 heterocycles. The van der Waals surface area contributed by atoms with Gasteiger partial charge in [0.1, 0.15) is 0 Å². The molecule has 106 valence electrons. The van der Waals surface area contributed by atoms with Crippen LogP contribution in [0.4, 0.5) is 5.69 Å². The molecule has 0 saturated heterocycles. The van der Waals surface area contributed by atoms with Gasteiger partial charge >= 0.3 is 0 Å². The summed E-state index contributed by atoms with van der Waals surface area (Å²) in [5, 5.41) is 10.7. The Hall–Kier alpha value is -2.46. The minimum atomic E-state index is -0.367. The van der Waals surface area contributed by atoms with E-state index in [0.717, 1.165) is 25.2 Å². The highest BCUT2D eigenvalue weighted by molar-refractivity contribution is 5.53. The predicted octanol–water partition coefficient (Wildman–Crippen LogP) is 3.62. The molecule has 0 fully saturated rings. The van der Waals surface area contributed by atoms with Crippen LogP contribution in [0.25, 0.3) is 6.08 Å². The van der Waals surface area contributed by atoms with Gasteiger partial charge in [0.25, 0.3) is 5.69 Å². The summed E-state index contributed by atoms with van der Waals surface area (Å²) in [6.07, 6.45) is 4.00. The normalized spacial score (nSPS) is 14.5. The van der Waals surface area contributed by atoms with Gasteiger partial charge in [-0.2, -0.15) is 0 Å². The zero-order valence-electron chi connectivity index (χ0n) is 11.6. The standard InChI is InChI=1S/C17H16N2O2/c20-19(21)17-9-3-5-14(11-17)6-4-10-18-12-15-7-1-2-8-16(15)13-18/h1-9,11H,10,12-13H2. The zero-order valence-corrected chi connectivity index (χ0v) is 11.6. The van der Waals surface area contributed by atoms with Crippen LogP contribution in [0.2, 0.25) is 0 Å². The molecular formula is C17H16N2O2. The third-order valence-electron chi connectivity index (χ3n) is 3.66. The molecule has 1 aliphatic heterocycles. The summed E-state index contributed by atoms with van der Waals surface area (Å²) in [7, 11) is 0. The number of nitro benzene ring substituents is 1. The van der Waals surface area contributed by atoms with E-state index in [4.69, 9.17) is 0 Å². The molecule has 0 amide bonds. The molecule has 0 saturated carbocycles.